The molecule has 0 amide bonds. The predicted molar refractivity (Wildman–Crippen MR) is 50.2 cm³/mol. The fourth-order valence-corrected chi connectivity index (χ4v) is 1.47. The van der Waals surface area contributed by atoms with Gasteiger partial charge in [-0.25, -0.2) is 4.98 Å². The first-order valence-corrected chi connectivity index (χ1v) is 3.77. The first kappa shape index (κ1) is 6.87. The Morgan fingerprint density at radius 3 is 3.09 bits per heavy atom. The predicted octanol–water partition coefficient (Wildman–Crippen LogP) is 0.468. The summed E-state index contributed by atoms with van der Waals surface area (Å²) in [4.78, 5) is 4.16. The van der Waals surface area contributed by atoms with Crippen molar-refractivity contribution in [3.8, 4) is 0 Å². The first-order valence-electron chi connectivity index (χ1n) is 3.25. The first-order chi connectivity index (χ1) is 5.29. The van der Waals surface area contributed by atoms with Gasteiger partial charge in [-0.3, -0.25) is 0 Å². The molecule has 2 aromatic rings. The average molecular weight is 160 g/mol. The SMILES string of the molecule is [B]c1cn(P)c2ncccc12. The molecule has 0 aliphatic rings. The third-order valence-electron chi connectivity index (χ3n) is 1.62. The summed E-state index contributed by atoms with van der Waals surface area (Å²) in [5.41, 5.74) is 1.66. The van der Waals surface area contributed by atoms with Gasteiger partial charge in [0.15, 0.2) is 0 Å². The molecule has 52 valence electrons. The Hall–Kier alpha value is -0.815. The van der Waals surface area contributed by atoms with E-state index < -0.39 is 0 Å². The van der Waals surface area contributed by atoms with Gasteiger partial charge in [-0.05, 0) is 15.5 Å². The molecule has 0 fully saturated rings. The van der Waals surface area contributed by atoms with Crippen LogP contribution in [0, 0.1) is 0 Å². The average Bonchev–Trinajstić information content (AvgIpc) is 2.30. The summed E-state index contributed by atoms with van der Waals surface area (Å²) >= 11 is 0. The summed E-state index contributed by atoms with van der Waals surface area (Å²) in [6.45, 7) is 0. The number of aromatic nitrogens is 2. The Balaban J connectivity index is 2.95. The monoisotopic (exact) mass is 160 g/mol. The highest BCUT2D eigenvalue weighted by atomic mass is 31.0. The number of hydrogen-bond donors (Lipinski definition) is 0. The van der Waals surface area contributed by atoms with Crippen molar-refractivity contribution in [3.05, 3.63) is 24.5 Å². The van der Waals surface area contributed by atoms with Gasteiger partial charge in [-0.2, -0.15) is 0 Å². The van der Waals surface area contributed by atoms with Crippen molar-refractivity contribution in [2.75, 3.05) is 0 Å². The maximum Gasteiger partial charge on any atom is 0.142 e. The lowest BCUT2D eigenvalue weighted by Gasteiger charge is -1.91. The van der Waals surface area contributed by atoms with Crippen LogP contribution in [0.1, 0.15) is 0 Å². The van der Waals surface area contributed by atoms with E-state index in [-0.39, 0.29) is 0 Å². The van der Waals surface area contributed by atoms with Crippen molar-refractivity contribution >= 4 is 33.7 Å². The second kappa shape index (κ2) is 2.35. The van der Waals surface area contributed by atoms with E-state index in [0.29, 0.717) is 0 Å². The standard InChI is InChI=1S/C7H6BN2P/c8-6-4-10(11)7-5(6)2-1-3-9-7/h1-4H,11H2. The normalized spacial score (nSPS) is 10.6. The summed E-state index contributed by atoms with van der Waals surface area (Å²) in [6, 6.07) is 3.83. The molecule has 0 N–H and O–H groups in total. The van der Waals surface area contributed by atoms with Gasteiger partial charge < -0.3 is 4.34 Å². The van der Waals surface area contributed by atoms with Crippen LogP contribution in [0.5, 0.6) is 0 Å². The summed E-state index contributed by atoms with van der Waals surface area (Å²) in [6.07, 6.45) is 3.59. The molecule has 1 unspecified atom stereocenters. The molecule has 2 radical (unpaired) electrons. The zero-order valence-corrected chi connectivity index (χ0v) is 7.01. The van der Waals surface area contributed by atoms with E-state index in [4.69, 9.17) is 7.85 Å². The van der Waals surface area contributed by atoms with Crippen molar-refractivity contribution < 1.29 is 0 Å². The van der Waals surface area contributed by atoms with Gasteiger partial charge in [0.25, 0.3) is 0 Å². The fourth-order valence-electron chi connectivity index (χ4n) is 1.11. The van der Waals surface area contributed by atoms with E-state index in [0.717, 1.165) is 16.5 Å². The summed E-state index contributed by atoms with van der Waals surface area (Å²) in [5, 5.41) is 1.00. The van der Waals surface area contributed by atoms with Gasteiger partial charge in [-0.15, -0.1) is 0 Å². The lowest BCUT2D eigenvalue weighted by atomic mass is 9.97. The molecular weight excluding hydrogens is 154 g/mol. The van der Waals surface area contributed by atoms with Crippen LogP contribution in [0.2, 0.25) is 0 Å². The summed E-state index contributed by atoms with van der Waals surface area (Å²) in [5.74, 6) is 0. The second-order valence-corrected chi connectivity index (χ2v) is 2.92. The van der Waals surface area contributed by atoms with E-state index >= 15 is 0 Å². The van der Waals surface area contributed by atoms with Gasteiger partial charge in [0.05, 0.1) is 0 Å². The Bertz CT molecular complexity index is 360. The fraction of sp³-hybridized carbons (Fsp3) is 0. The van der Waals surface area contributed by atoms with Crippen molar-refractivity contribution in [2.24, 2.45) is 0 Å². The zero-order chi connectivity index (χ0) is 7.84. The molecule has 2 nitrogen and oxygen atoms in total. The van der Waals surface area contributed by atoms with Crippen LogP contribution in [0.15, 0.2) is 24.5 Å². The van der Waals surface area contributed by atoms with Crippen LogP contribution >= 0.6 is 9.39 Å². The number of rotatable bonds is 0. The number of pyridine rings is 1. The van der Waals surface area contributed by atoms with Crippen molar-refractivity contribution in [1.82, 2.24) is 9.32 Å². The molecule has 2 rings (SSSR count). The highest BCUT2D eigenvalue weighted by molar-refractivity contribution is 7.15. The molecule has 0 aliphatic carbocycles. The molecule has 0 bridgehead atoms. The van der Waals surface area contributed by atoms with Gasteiger partial charge in [0.2, 0.25) is 0 Å². The van der Waals surface area contributed by atoms with Crippen molar-refractivity contribution in [3.63, 3.8) is 0 Å². The second-order valence-electron chi connectivity index (χ2n) is 2.37. The highest BCUT2D eigenvalue weighted by Gasteiger charge is 2.00. The Labute approximate surface area is 68.3 Å². The van der Waals surface area contributed by atoms with Crippen LogP contribution in [-0.4, -0.2) is 17.2 Å². The van der Waals surface area contributed by atoms with Crippen LogP contribution in [-0.2, 0) is 0 Å². The zero-order valence-electron chi connectivity index (χ0n) is 5.86. The minimum absolute atomic E-state index is 0.767. The lowest BCUT2D eigenvalue weighted by molar-refractivity contribution is 1.26. The van der Waals surface area contributed by atoms with E-state index in [1.165, 1.54) is 0 Å². The smallest absolute Gasteiger partial charge is 0.142 e. The maximum absolute atomic E-state index is 5.70. The van der Waals surface area contributed by atoms with E-state index in [9.17, 15) is 0 Å². The molecule has 0 saturated heterocycles. The van der Waals surface area contributed by atoms with Crippen LogP contribution in [0.3, 0.4) is 0 Å². The largest absolute Gasteiger partial charge is 0.318 e. The molecule has 2 heterocycles. The van der Waals surface area contributed by atoms with E-state index in [2.05, 4.69) is 14.4 Å². The molecule has 11 heavy (non-hydrogen) atoms. The number of fused-ring (bicyclic) bond motifs is 1. The minimum atomic E-state index is 0.767. The summed E-state index contributed by atoms with van der Waals surface area (Å²) in [7, 11) is 8.24. The third kappa shape index (κ3) is 0.963. The van der Waals surface area contributed by atoms with E-state index in [1.807, 2.05) is 22.7 Å². The third-order valence-corrected chi connectivity index (χ3v) is 2.01. The molecule has 2 aromatic heterocycles. The molecule has 0 spiro atoms. The molecular formula is C7H6BN2P. The Morgan fingerprint density at radius 1 is 1.55 bits per heavy atom. The van der Waals surface area contributed by atoms with Crippen LogP contribution < -0.4 is 5.46 Å². The molecule has 0 aromatic carbocycles. The topological polar surface area (TPSA) is 17.8 Å². The Kier molecular flexibility index (Phi) is 1.47. The van der Waals surface area contributed by atoms with Gasteiger partial charge in [-0.1, -0.05) is 11.5 Å². The molecule has 1 atom stereocenters. The summed E-state index contributed by atoms with van der Waals surface area (Å²) < 4.78 is 1.84. The number of nitrogens with zero attached hydrogens (tertiary/aromatic N) is 2. The minimum Gasteiger partial charge on any atom is -0.318 e. The molecule has 4 heteroatoms. The van der Waals surface area contributed by atoms with Crippen molar-refractivity contribution in [2.45, 2.75) is 0 Å². The van der Waals surface area contributed by atoms with E-state index in [1.54, 1.807) is 6.20 Å². The Morgan fingerprint density at radius 2 is 2.36 bits per heavy atom. The quantitative estimate of drug-likeness (QED) is 0.404. The van der Waals surface area contributed by atoms with Gasteiger partial charge >= 0.3 is 0 Å². The van der Waals surface area contributed by atoms with Crippen LogP contribution in [0.25, 0.3) is 11.0 Å². The van der Waals surface area contributed by atoms with Crippen molar-refractivity contribution in [1.29, 1.82) is 0 Å². The van der Waals surface area contributed by atoms with Gasteiger partial charge in [0, 0.05) is 17.8 Å². The number of hydrogen-bond acceptors (Lipinski definition) is 1. The molecule has 0 aliphatic heterocycles. The highest BCUT2D eigenvalue weighted by Crippen LogP contribution is 2.11. The van der Waals surface area contributed by atoms with Crippen LogP contribution in [0.4, 0.5) is 0 Å². The van der Waals surface area contributed by atoms with Gasteiger partial charge in [0.1, 0.15) is 13.5 Å². The maximum atomic E-state index is 5.70. The molecule has 0 saturated carbocycles. The lowest BCUT2D eigenvalue weighted by Crippen LogP contribution is -1.96.